The van der Waals surface area contributed by atoms with Crippen LogP contribution in [-0.2, 0) is 16.0 Å². The average Bonchev–Trinajstić information content (AvgIpc) is 3.07. The zero-order chi connectivity index (χ0) is 18.9. The second kappa shape index (κ2) is 9.83. The fourth-order valence-corrected chi connectivity index (χ4v) is 2.85. The number of anilines is 1. The third-order valence-electron chi connectivity index (χ3n) is 3.29. The van der Waals surface area contributed by atoms with Gasteiger partial charge in [0.05, 0.1) is 19.8 Å². The van der Waals surface area contributed by atoms with Crippen molar-refractivity contribution < 1.29 is 23.5 Å². The third-order valence-corrected chi connectivity index (χ3v) is 4.12. The average molecular weight is 381 g/mol. The number of nitrogens with one attached hydrogen (secondary N) is 1. The predicted octanol–water partition coefficient (Wildman–Crippen LogP) is 3.14. The summed E-state index contributed by atoms with van der Waals surface area (Å²) in [5.74, 6) is -0.937. The molecule has 0 aliphatic rings. The first-order valence-electron chi connectivity index (χ1n) is 7.95. The minimum atomic E-state index is -0.498. The quantitative estimate of drug-likeness (QED) is 0.711. The van der Waals surface area contributed by atoms with Gasteiger partial charge in [-0.25, -0.2) is 19.0 Å². The van der Waals surface area contributed by atoms with Gasteiger partial charge in [-0.15, -0.1) is 11.3 Å². The van der Waals surface area contributed by atoms with Crippen LogP contribution in [0, 0.1) is 5.82 Å². The highest BCUT2D eigenvalue weighted by Crippen LogP contribution is 2.15. The zero-order valence-corrected chi connectivity index (χ0v) is 15.3. The molecule has 1 heterocycles. The maximum Gasteiger partial charge on any atom is 0.357 e. The minimum absolute atomic E-state index is 0.189. The van der Waals surface area contributed by atoms with Crippen molar-refractivity contribution in [3.05, 3.63) is 46.2 Å². The molecule has 2 rings (SSSR count). The molecular weight excluding hydrogens is 361 g/mol. The lowest BCUT2D eigenvalue weighted by Crippen LogP contribution is -2.36. The number of rotatable bonds is 8. The van der Waals surface area contributed by atoms with E-state index in [0.717, 1.165) is 0 Å². The van der Waals surface area contributed by atoms with Gasteiger partial charge in [-0.05, 0) is 25.1 Å². The van der Waals surface area contributed by atoms with E-state index < -0.39 is 17.8 Å². The summed E-state index contributed by atoms with van der Waals surface area (Å²) >= 11 is 1.26. The van der Waals surface area contributed by atoms with Crippen LogP contribution >= 0.6 is 11.3 Å². The van der Waals surface area contributed by atoms with E-state index in [1.54, 1.807) is 18.4 Å². The first-order valence-corrected chi connectivity index (χ1v) is 8.83. The van der Waals surface area contributed by atoms with Crippen LogP contribution in [0.4, 0.5) is 14.9 Å². The van der Waals surface area contributed by atoms with E-state index >= 15 is 0 Å². The Hall–Kier alpha value is -2.52. The van der Waals surface area contributed by atoms with Gasteiger partial charge < -0.3 is 19.7 Å². The number of thiazole rings is 1. The number of hydrogen-bond acceptors (Lipinski definition) is 6. The Bertz CT molecular complexity index is 753. The van der Waals surface area contributed by atoms with E-state index in [-0.39, 0.29) is 18.8 Å². The number of ether oxygens (including phenoxy) is 2. The van der Waals surface area contributed by atoms with Crippen LogP contribution in [0.2, 0.25) is 0 Å². The van der Waals surface area contributed by atoms with E-state index in [4.69, 9.17) is 9.47 Å². The Labute approximate surface area is 154 Å². The fourth-order valence-electron chi connectivity index (χ4n) is 2.07. The molecule has 0 unspecified atom stereocenters. The van der Waals surface area contributed by atoms with E-state index in [0.29, 0.717) is 23.8 Å². The summed E-state index contributed by atoms with van der Waals surface area (Å²) in [6.45, 7) is 2.81. The first-order chi connectivity index (χ1) is 12.5. The van der Waals surface area contributed by atoms with Crippen molar-refractivity contribution in [1.82, 2.24) is 9.88 Å². The summed E-state index contributed by atoms with van der Waals surface area (Å²) in [6.07, 6.45) is 0. The smallest absolute Gasteiger partial charge is 0.357 e. The van der Waals surface area contributed by atoms with Gasteiger partial charge in [-0.2, -0.15) is 0 Å². The first kappa shape index (κ1) is 19.8. The minimum Gasteiger partial charge on any atom is -0.461 e. The molecule has 140 valence electrons. The van der Waals surface area contributed by atoms with Gasteiger partial charge in [0.2, 0.25) is 0 Å². The molecule has 2 amide bonds. The molecule has 0 atom stereocenters. The summed E-state index contributed by atoms with van der Waals surface area (Å²) in [4.78, 5) is 29.9. The molecule has 2 aromatic rings. The number of amides is 2. The lowest BCUT2D eigenvalue weighted by Gasteiger charge is -2.21. The molecule has 7 nitrogen and oxygen atoms in total. The van der Waals surface area contributed by atoms with Gasteiger partial charge in [-0.1, -0.05) is 6.07 Å². The molecule has 0 aliphatic carbocycles. The predicted molar refractivity (Wildman–Crippen MR) is 95.8 cm³/mol. The Balaban J connectivity index is 2.06. The molecule has 0 fully saturated rings. The molecule has 1 aromatic carbocycles. The highest BCUT2D eigenvalue weighted by Gasteiger charge is 2.18. The summed E-state index contributed by atoms with van der Waals surface area (Å²) in [7, 11) is 1.53. The summed E-state index contributed by atoms with van der Waals surface area (Å²) in [5, 5.41) is 4.81. The standard InChI is InChI=1S/C17H20FN3O4S/c1-3-25-16(22)14-11-26-15(20-14)10-21(7-8-24-2)17(23)19-13-6-4-5-12(18)9-13/h4-6,9,11H,3,7-8,10H2,1-2H3,(H,19,23). The Kier molecular flexibility index (Phi) is 7.49. The number of nitrogens with zero attached hydrogens (tertiary/aromatic N) is 2. The van der Waals surface area contributed by atoms with Crippen LogP contribution in [0.25, 0.3) is 0 Å². The van der Waals surface area contributed by atoms with Crippen molar-refractivity contribution in [3.8, 4) is 0 Å². The number of aromatic nitrogens is 1. The zero-order valence-electron chi connectivity index (χ0n) is 14.5. The third kappa shape index (κ3) is 5.78. The molecule has 1 N–H and O–H groups in total. The topological polar surface area (TPSA) is 80.8 Å². The molecule has 26 heavy (non-hydrogen) atoms. The second-order valence-corrected chi connectivity index (χ2v) is 6.14. The van der Waals surface area contributed by atoms with Gasteiger partial charge in [-0.3, -0.25) is 0 Å². The summed E-state index contributed by atoms with van der Waals surface area (Å²) in [6, 6.07) is 5.22. The van der Waals surface area contributed by atoms with Crippen LogP contribution in [0.5, 0.6) is 0 Å². The maximum atomic E-state index is 13.3. The van der Waals surface area contributed by atoms with Crippen molar-refractivity contribution in [2.24, 2.45) is 0 Å². The number of benzene rings is 1. The largest absolute Gasteiger partial charge is 0.461 e. The Morgan fingerprint density at radius 3 is 2.88 bits per heavy atom. The number of methoxy groups -OCH3 is 1. The van der Waals surface area contributed by atoms with Crippen molar-refractivity contribution >= 4 is 29.0 Å². The van der Waals surface area contributed by atoms with Crippen LogP contribution in [-0.4, -0.2) is 48.8 Å². The van der Waals surface area contributed by atoms with E-state index in [2.05, 4.69) is 10.3 Å². The van der Waals surface area contributed by atoms with Crippen LogP contribution in [0.1, 0.15) is 22.4 Å². The number of hydrogen-bond donors (Lipinski definition) is 1. The summed E-state index contributed by atoms with van der Waals surface area (Å²) in [5.41, 5.74) is 0.563. The van der Waals surface area contributed by atoms with Crippen LogP contribution in [0.15, 0.2) is 29.6 Å². The second-order valence-electron chi connectivity index (χ2n) is 5.20. The Morgan fingerprint density at radius 1 is 1.38 bits per heavy atom. The number of carbonyl (C=O) groups is 2. The SMILES string of the molecule is CCOC(=O)c1csc(CN(CCOC)C(=O)Nc2cccc(F)c2)n1. The van der Waals surface area contributed by atoms with Crippen molar-refractivity contribution in [3.63, 3.8) is 0 Å². The lowest BCUT2D eigenvalue weighted by molar-refractivity contribution is 0.0520. The van der Waals surface area contributed by atoms with Gasteiger partial charge >= 0.3 is 12.0 Å². The fraction of sp³-hybridized carbons (Fsp3) is 0.353. The maximum absolute atomic E-state index is 13.3. The van der Waals surface area contributed by atoms with E-state index in [9.17, 15) is 14.0 Å². The Morgan fingerprint density at radius 2 is 2.19 bits per heavy atom. The van der Waals surface area contributed by atoms with Gasteiger partial charge in [0.1, 0.15) is 10.8 Å². The van der Waals surface area contributed by atoms with E-state index in [1.165, 1.54) is 41.5 Å². The molecule has 0 saturated carbocycles. The van der Waals surface area contributed by atoms with Crippen molar-refractivity contribution in [2.45, 2.75) is 13.5 Å². The lowest BCUT2D eigenvalue weighted by atomic mass is 10.3. The molecule has 0 radical (unpaired) electrons. The molecule has 0 spiro atoms. The number of halogens is 1. The molecule has 9 heteroatoms. The number of carbonyl (C=O) groups excluding carboxylic acids is 2. The van der Waals surface area contributed by atoms with E-state index in [1.807, 2.05) is 0 Å². The molecule has 0 saturated heterocycles. The van der Waals surface area contributed by atoms with Crippen molar-refractivity contribution in [2.75, 3.05) is 32.2 Å². The number of urea groups is 1. The van der Waals surface area contributed by atoms with Crippen LogP contribution < -0.4 is 5.32 Å². The van der Waals surface area contributed by atoms with Gasteiger partial charge in [0.25, 0.3) is 0 Å². The highest BCUT2D eigenvalue weighted by atomic mass is 32.1. The molecular formula is C17H20FN3O4S. The molecule has 0 aliphatic heterocycles. The van der Waals surface area contributed by atoms with Crippen molar-refractivity contribution in [1.29, 1.82) is 0 Å². The van der Waals surface area contributed by atoms with Gasteiger partial charge in [0.15, 0.2) is 5.69 Å². The summed E-state index contributed by atoms with van der Waals surface area (Å²) < 4.78 is 23.2. The molecule has 1 aromatic heterocycles. The normalized spacial score (nSPS) is 10.4. The molecule has 0 bridgehead atoms. The van der Waals surface area contributed by atoms with Gasteiger partial charge in [0, 0.05) is 24.7 Å². The monoisotopic (exact) mass is 381 g/mol. The van der Waals surface area contributed by atoms with Crippen LogP contribution in [0.3, 0.4) is 0 Å². The number of esters is 1. The highest BCUT2D eigenvalue weighted by molar-refractivity contribution is 7.09.